The van der Waals surface area contributed by atoms with Gasteiger partial charge in [-0.15, -0.1) is 0 Å². The van der Waals surface area contributed by atoms with Gasteiger partial charge >= 0.3 is 0 Å². The van der Waals surface area contributed by atoms with Gasteiger partial charge in [0.15, 0.2) is 0 Å². The molecule has 0 aromatic carbocycles. The second-order valence-electron chi connectivity index (χ2n) is 4.20. The van der Waals surface area contributed by atoms with E-state index < -0.39 is 0 Å². The fraction of sp³-hybridized carbons (Fsp3) is 0.583. The zero-order valence-electron chi connectivity index (χ0n) is 9.53. The highest BCUT2D eigenvalue weighted by molar-refractivity contribution is 6.29. The predicted octanol–water partition coefficient (Wildman–Crippen LogP) is 2.35. The van der Waals surface area contributed by atoms with Crippen LogP contribution in [0.15, 0.2) is 18.3 Å². The lowest BCUT2D eigenvalue weighted by atomic mass is 10.1. The van der Waals surface area contributed by atoms with Gasteiger partial charge in [-0.3, -0.25) is 4.90 Å². The maximum Gasteiger partial charge on any atom is 0.129 e. The molecule has 1 fully saturated rings. The summed E-state index contributed by atoms with van der Waals surface area (Å²) in [5.74, 6) is 0. The summed E-state index contributed by atoms with van der Waals surface area (Å²) in [6.45, 7) is 3.15. The Morgan fingerprint density at radius 3 is 2.88 bits per heavy atom. The van der Waals surface area contributed by atoms with Gasteiger partial charge in [0.2, 0.25) is 0 Å². The SMILES string of the molecule is COC1CCN(Cc2ccnc(Cl)c2)CC1. The van der Waals surface area contributed by atoms with E-state index >= 15 is 0 Å². The molecule has 0 saturated carbocycles. The average molecular weight is 241 g/mol. The van der Waals surface area contributed by atoms with Gasteiger partial charge in [-0.1, -0.05) is 11.6 Å². The number of pyridine rings is 1. The maximum absolute atomic E-state index is 5.86. The van der Waals surface area contributed by atoms with E-state index in [2.05, 4.69) is 9.88 Å². The van der Waals surface area contributed by atoms with Gasteiger partial charge in [-0.2, -0.15) is 0 Å². The summed E-state index contributed by atoms with van der Waals surface area (Å²) in [5.41, 5.74) is 1.23. The Labute approximate surface area is 101 Å². The Hall–Kier alpha value is -0.640. The summed E-state index contributed by atoms with van der Waals surface area (Å²) in [7, 11) is 1.79. The van der Waals surface area contributed by atoms with Crippen molar-refractivity contribution in [2.75, 3.05) is 20.2 Å². The Bertz CT molecular complexity index is 338. The molecule has 2 heterocycles. The minimum Gasteiger partial charge on any atom is -0.381 e. The highest BCUT2D eigenvalue weighted by Gasteiger charge is 2.18. The van der Waals surface area contributed by atoms with Gasteiger partial charge < -0.3 is 4.74 Å². The van der Waals surface area contributed by atoms with Crippen LogP contribution in [-0.4, -0.2) is 36.2 Å². The van der Waals surface area contributed by atoms with E-state index in [4.69, 9.17) is 16.3 Å². The van der Waals surface area contributed by atoms with Crippen molar-refractivity contribution < 1.29 is 4.74 Å². The van der Waals surface area contributed by atoms with Gasteiger partial charge in [-0.25, -0.2) is 4.98 Å². The summed E-state index contributed by atoms with van der Waals surface area (Å²) < 4.78 is 5.35. The normalized spacial score (nSPS) is 18.9. The van der Waals surface area contributed by atoms with Crippen LogP contribution in [0.1, 0.15) is 18.4 Å². The molecule has 0 N–H and O–H groups in total. The third-order valence-electron chi connectivity index (χ3n) is 3.07. The number of piperidine rings is 1. The summed E-state index contributed by atoms with van der Waals surface area (Å²) in [6.07, 6.45) is 4.45. The molecule has 1 aliphatic rings. The van der Waals surface area contributed by atoms with Crippen molar-refractivity contribution in [3.63, 3.8) is 0 Å². The molecular formula is C12H17ClN2O. The smallest absolute Gasteiger partial charge is 0.129 e. The van der Waals surface area contributed by atoms with Crippen LogP contribution in [0.25, 0.3) is 0 Å². The summed E-state index contributed by atoms with van der Waals surface area (Å²) in [6, 6.07) is 3.96. The van der Waals surface area contributed by atoms with Crippen LogP contribution in [-0.2, 0) is 11.3 Å². The largest absolute Gasteiger partial charge is 0.381 e. The molecule has 0 amide bonds. The Morgan fingerprint density at radius 2 is 2.25 bits per heavy atom. The Morgan fingerprint density at radius 1 is 1.50 bits per heavy atom. The lowest BCUT2D eigenvalue weighted by Gasteiger charge is -2.31. The van der Waals surface area contributed by atoms with Crippen LogP contribution in [0.4, 0.5) is 0 Å². The lowest BCUT2D eigenvalue weighted by molar-refractivity contribution is 0.0388. The standard InChI is InChI=1S/C12H17ClN2O/c1-16-11-3-6-15(7-4-11)9-10-2-5-14-12(13)8-10/h2,5,8,11H,3-4,6-7,9H2,1H3. The van der Waals surface area contributed by atoms with E-state index in [9.17, 15) is 0 Å². The van der Waals surface area contributed by atoms with E-state index in [1.807, 2.05) is 12.1 Å². The molecule has 1 aliphatic heterocycles. The molecule has 1 aromatic rings. The quantitative estimate of drug-likeness (QED) is 0.759. The minimum absolute atomic E-state index is 0.442. The first kappa shape index (κ1) is 11.8. The Balaban J connectivity index is 1.87. The molecule has 0 atom stereocenters. The number of likely N-dealkylation sites (tertiary alicyclic amines) is 1. The number of methoxy groups -OCH3 is 1. The molecule has 0 bridgehead atoms. The van der Waals surface area contributed by atoms with Crippen molar-refractivity contribution in [2.45, 2.75) is 25.5 Å². The van der Waals surface area contributed by atoms with Crippen LogP contribution in [0.5, 0.6) is 0 Å². The minimum atomic E-state index is 0.442. The first-order chi connectivity index (χ1) is 7.78. The van der Waals surface area contributed by atoms with Crippen LogP contribution in [0.2, 0.25) is 5.15 Å². The fourth-order valence-electron chi connectivity index (χ4n) is 2.10. The molecular weight excluding hydrogens is 224 g/mol. The summed E-state index contributed by atoms with van der Waals surface area (Å²) in [4.78, 5) is 6.42. The number of halogens is 1. The number of rotatable bonds is 3. The van der Waals surface area contributed by atoms with E-state index in [-0.39, 0.29) is 0 Å². The molecule has 4 heteroatoms. The van der Waals surface area contributed by atoms with E-state index in [1.165, 1.54) is 5.56 Å². The summed E-state index contributed by atoms with van der Waals surface area (Å²) >= 11 is 5.86. The topological polar surface area (TPSA) is 25.4 Å². The van der Waals surface area contributed by atoms with Crippen molar-refractivity contribution in [3.8, 4) is 0 Å². The average Bonchev–Trinajstić information content (AvgIpc) is 2.30. The zero-order valence-corrected chi connectivity index (χ0v) is 10.3. The van der Waals surface area contributed by atoms with Gasteiger partial charge in [0.25, 0.3) is 0 Å². The monoisotopic (exact) mass is 240 g/mol. The molecule has 1 aromatic heterocycles. The van der Waals surface area contributed by atoms with Gasteiger partial charge in [0.05, 0.1) is 6.10 Å². The highest BCUT2D eigenvalue weighted by Crippen LogP contribution is 2.16. The van der Waals surface area contributed by atoms with Crippen LogP contribution < -0.4 is 0 Å². The van der Waals surface area contributed by atoms with Crippen molar-refractivity contribution in [1.82, 2.24) is 9.88 Å². The van der Waals surface area contributed by atoms with Crippen LogP contribution in [0, 0.1) is 0 Å². The van der Waals surface area contributed by atoms with Crippen molar-refractivity contribution in [3.05, 3.63) is 29.0 Å². The molecule has 2 rings (SSSR count). The van der Waals surface area contributed by atoms with Crippen molar-refractivity contribution in [2.24, 2.45) is 0 Å². The Kier molecular flexibility index (Phi) is 4.16. The number of ether oxygens (including phenoxy) is 1. The molecule has 16 heavy (non-hydrogen) atoms. The molecule has 3 nitrogen and oxygen atoms in total. The first-order valence-electron chi connectivity index (χ1n) is 5.63. The highest BCUT2D eigenvalue weighted by atomic mass is 35.5. The molecule has 0 unspecified atom stereocenters. The fourth-order valence-corrected chi connectivity index (χ4v) is 2.30. The molecule has 0 spiro atoms. The number of hydrogen-bond donors (Lipinski definition) is 0. The summed E-state index contributed by atoms with van der Waals surface area (Å²) in [5, 5.41) is 0.573. The third kappa shape index (κ3) is 3.17. The maximum atomic E-state index is 5.86. The molecule has 0 radical (unpaired) electrons. The predicted molar refractivity (Wildman–Crippen MR) is 64.6 cm³/mol. The second-order valence-corrected chi connectivity index (χ2v) is 4.59. The van der Waals surface area contributed by atoms with E-state index in [1.54, 1.807) is 13.3 Å². The molecule has 88 valence electrons. The van der Waals surface area contributed by atoms with Gasteiger partial charge in [0, 0.05) is 32.9 Å². The number of aromatic nitrogens is 1. The van der Waals surface area contributed by atoms with E-state index in [0.717, 1.165) is 32.5 Å². The lowest BCUT2D eigenvalue weighted by Crippen LogP contribution is -2.36. The van der Waals surface area contributed by atoms with Gasteiger partial charge in [-0.05, 0) is 30.5 Å². The molecule has 0 aliphatic carbocycles. The zero-order chi connectivity index (χ0) is 11.4. The third-order valence-corrected chi connectivity index (χ3v) is 3.27. The molecule has 1 saturated heterocycles. The first-order valence-corrected chi connectivity index (χ1v) is 6.01. The van der Waals surface area contributed by atoms with E-state index in [0.29, 0.717) is 11.3 Å². The van der Waals surface area contributed by atoms with Crippen LogP contribution >= 0.6 is 11.6 Å². The number of hydrogen-bond acceptors (Lipinski definition) is 3. The second kappa shape index (κ2) is 5.62. The van der Waals surface area contributed by atoms with Gasteiger partial charge in [0.1, 0.15) is 5.15 Å². The van der Waals surface area contributed by atoms with Crippen molar-refractivity contribution in [1.29, 1.82) is 0 Å². The van der Waals surface area contributed by atoms with Crippen molar-refractivity contribution >= 4 is 11.6 Å². The van der Waals surface area contributed by atoms with Crippen LogP contribution in [0.3, 0.4) is 0 Å². The number of nitrogens with zero attached hydrogens (tertiary/aromatic N) is 2.